The van der Waals surface area contributed by atoms with Crippen LogP contribution in [0.5, 0.6) is 0 Å². The second kappa shape index (κ2) is 11.6. The Morgan fingerprint density at radius 3 is 2.70 bits per heavy atom. The molecule has 0 spiro atoms. The zero-order chi connectivity index (χ0) is 18.2. The molecule has 1 aliphatic carbocycles. The van der Waals surface area contributed by atoms with Gasteiger partial charge in [0.05, 0.1) is 18.8 Å². The van der Waals surface area contributed by atoms with Crippen molar-refractivity contribution in [3.05, 3.63) is 35.9 Å². The van der Waals surface area contributed by atoms with Crippen LogP contribution >= 0.6 is 12.4 Å². The van der Waals surface area contributed by atoms with Crippen LogP contribution in [0.15, 0.2) is 30.3 Å². The number of rotatable bonds is 7. The van der Waals surface area contributed by atoms with E-state index < -0.39 is 0 Å². The molecule has 3 rings (SSSR count). The molecule has 152 valence electrons. The lowest BCUT2D eigenvalue weighted by Gasteiger charge is -2.33. The fourth-order valence-electron chi connectivity index (χ4n) is 4.12. The van der Waals surface area contributed by atoms with Crippen LogP contribution in [0.25, 0.3) is 0 Å². The topological polar surface area (TPSA) is 67.6 Å². The average molecular weight is 396 g/mol. The first-order valence-electron chi connectivity index (χ1n) is 10.1. The number of morpholine rings is 1. The highest BCUT2D eigenvalue weighted by atomic mass is 35.5. The number of ether oxygens (including phenoxy) is 1. The maximum Gasteiger partial charge on any atom is 0.237 e. The number of hydrogen-bond donors (Lipinski definition) is 2. The van der Waals surface area contributed by atoms with Gasteiger partial charge in [0.1, 0.15) is 0 Å². The SMILES string of the molecule is Cl.NC(CC1CCCCC1)C(=O)NCC1CN(Cc2ccccc2)CCO1. The van der Waals surface area contributed by atoms with E-state index in [1.165, 1.54) is 37.7 Å². The molecule has 2 unspecified atom stereocenters. The van der Waals surface area contributed by atoms with Gasteiger partial charge in [-0.1, -0.05) is 62.4 Å². The summed E-state index contributed by atoms with van der Waals surface area (Å²) < 4.78 is 5.83. The minimum absolute atomic E-state index is 0. The van der Waals surface area contributed by atoms with Crippen molar-refractivity contribution in [2.24, 2.45) is 11.7 Å². The maximum absolute atomic E-state index is 12.3. The van der Waals surface area contributed by atoms with Crippen LogP contribution in [0.4, 0.5) is 0 Å². The normalized spacial score (nSPS) is 22.6. The van der Waals surface area contributed by atoms with Gasteiger partial charge in [-0.3, -0.25) is 9.69 Å². The molecule has 0 bridgehead atoms. The summed E-state index contributed by atoms with van der Waals surface area (Å²) in [5.74, 6) is 0.594. The van der Waals surface area contributed by atoms with Gasteiger partial charge in [0.2, 0.25) is 5.91 Å². The molecular weight excluding hydrogens is 362 g/mol. The van der Waals surface area contributed by atoms with E-state index in [2.05, 4.69) is 34.5 Å². The zero-order valence-corrected chi connectivity index (χ0v) is 17.0. The number of nitrogens with zero attached hydrogens (tertiary/aromatic N) is 1. The van der Waals surface area contributed by atoms with E-state index in [1.54, 1.807) is 0 Å². The molecule has 2 fully saturated rings. The highest BCUT2D eigenvalue weighted by Crippen LogP contribution is 2.26. The summed E-state index contributed by atoms with van der Waals surface area (Å²) in [5.41, 5.74) is 7.44. The Morgan fingerprint density at radius 2 is 1.96 bits per heavy atom. The third kappa shape index (κ3) is 7.41. The number of nitrogens with one attached hydrogen (secondary N) is 1. The molecule has 1 aromatic carbocycles. The first-order valence-corrected chi connectivity index (χ1v) is 10.1. The molecule has 1 aliphatic heterocycles. The van der Waals surface area contributed by atoms with Gasteiger partial charge in [-0.05, 0) is 17.9 Å². The molecule has 27 heavy (non-hydrogen) atoms. The quantitative estimate of drug-likeness (QED) is 0.744. The Bertz CT molecular complexity index is 552. The highest BCUT2D eigenvalue weighted by Gasteiger charge is 2.24. The Morgan fingerprint density at radius 1 is 1.22 bits per heavy atom. The first-order chi connectivity index (χ1) is 12.7. The van der Waals surface area contributed by atoms with Crippen molar-refractivity contribution >= 4 is 18.3 Å². The van der Waals surface area contributed by atoms with E-state index in [0.717, 1.165) is 26.1 Å². The summed E-state index contributed by atoms with van der Waals surface area (Å²) in [5, 5.41) is 3.01. The zero-order valence-electron chi connectivity index (χ0n) is 16.1. The molecule has 1 saturated heterocycles. The number of halogens is 1. The number of hydrogen-bond acceptors (Lipinski definition) is 4. The molecular formula is C21H34ClN3O2. The Hall–Kier alpha value is -1.14. The lowest BCUT2D eigenvalue weighted by Crippen LogP contribution is -2.50. The Kier molecular flexibility index (Phi) is 9.56. The van der Waals surface area contributed by atoms with Crippen molar-refractivity contribution in [1.29, 1.82) is 0 Å². The largest absolute Gasteiger partial charge is 0.374 e. The molecule has 1 aromatic rings. The molecule has 0 aromatic heterocycles. The second-order valence-electron chi connectivity index (χ2n) is 7.80. The number of nitrogens with two attached hydrogens (primary N) is 1. The van der Waals surface area contributed by atoms with Crippen molar-refractivity contribution in [3.8, 4) is 0 Å². The van der Waals surface area contributed by atoms with Gasteiger partial charge in [-0.2, -0.15) is 0 Å². The van der Waals surface area contributed by atoms with Crippen molar-refractivity contribution in [2.75, 3.05) is 26.2 Å². The summed E-state index contributed by atoms with van der Waals surface area (Å²) in [6.45, 7) is 3.95. The first kappa shape index (κ1) is 22.2. The lowest BCUT2D eigenvalue weighted by atomic mass is 9.85. The summed E-state index contributed by atoms with van der Waals surface area (Å²) >= 11 is 0. The molecule has 1 amide bonds. The van der Waals surface area contributed by atoms with Gasteiger partial charge in [-0.25, -0.2) is 0 Å². The molecule has 1 heterocycles. The summed E-state index contributed by atoms with van der Waals surface area (Å²) in [6, 6.07) is 10.1. The standard InChI is InChI=1S/C21H33N3O2.ClH/c22-20(13-17-7-3-1-4-8-17)21(25)23-14-19-16-24(11-12-26-19)15-18-9-5-2-6-10-18;/h2,5-6,9-10,17,19-20H,1,3-4,7-8,11-16,22H2,(H,23,25);1H. The third-order valence-electron chi connectivity index (χ3n) is 5.62. The van der Waals surface area contributed by atoms with Crippen LogP contribution in [0.3, 0.4) is 0 Å². The van der Waals surface area contributed by atoms with E-state index in [1.807, 2.05) is 6.07 Å². The molecule has 3 N–H and O–H groups in total. The molecule has 5 nitrogen and oxygen atoms in total. The van der Waals surface area contributed by atoms with Crippen LogP contribution in [0.1, 0.15) is 44.1 Å². The van der Waals surface area contributed by atoms with Gasteiger partial charge in [0, 0.05) is 26.2 Å². The van der Waals surface area contributed by atoms with Gasteiger partial charge in [-0.15, -0.1) is 12.4 Å². The maximum atomic E-state index is 12.3. The number of benzene rings is 1. The number of carbonyl (C=O) groups excluding carboxylic acids is 1. The predicted octanol–water partition coefficient (Wildman–Crippen LogP) is 2.72. The molecule has 0 radical (unpaired) electrons. The molecule has 1 saturated carbocycles. The summed E-state index contributed by atoms with van der Waals surface area (Å²) in [7, 11) is 0. The molecule has 2 aliphatic rings. The Labute approximate surface area is 169 Å². The predicted molar refractivity (Wildman–Crippen MR) is 111 cm³/mol. The van der Waals surface area contributed by atoms with E-state index in [0.29, 0.717) is 19.1 Å². The van der Waals surface area contributed by atoms with Crippen molar-refractivity contribution < 1.29 is 9.53 Å². The summed E-state index contributed by atoms with van der Waals surface area (Å²) in [4.78, 5) is 14.7. The van der Waals surface area contributed by atoms with Crippen LogP contribution in [-0.4, -0.2) is 49.2 Å². The van der Waals surface area contributed by atoms with E-state index >= 15 is 0 Å². The number of amides is 1. The van der Waals surface area contributed by atoms with E-state index in [-0.39, 0.29) is 30.5 Å². The highest BCUT2D eigenvalue weighted by molar-refractivity contribution is 5.85. The smallest absolute Gasteiger partial charge is 0.237 e. The van der Waals surface area contributed by atoms with Crippen molar-refractivity contribution in [3.63, 3.8) is 0 Å². The second-order valence-corrected chi connectivity index (χ2v) is 7.80. The minimum Gasteiger partial charge on any atom is -0.374 e. The van der Waals surface area contributed by atoms with E-state index in [4.69, 9.17) is 10.5 Å². The van der Waals surface area contributed by atoms with Crippen LogP contribution in [0.2, 0.25) is 0 Å². The minimum atomic E-state index is -0.387. The van der Waals surface area contributed by atoms with Crippen LogP contribution in [0, 0.1) is 5.92 Å². The van der Waals surface area contributed by atoms with Gasteiger partial charge in [0.25, 0.3) is 0 Å². The third-order valence-corrected chi connectivity index (χ3v) is 5.62. The van der Waals surface area contributed by atoms with Gasteiger partial charge in [0.15, 0.2) is 0 Å². The number of carbonyl (C=O) groups is 1. The molecule has 6 heteroatoms. The van der Waals surface area contributed by atoms with Crippen molar-refractivity contribution in [1.82, 2.24) is 10.2 Å². The van der Waals surface area contributed by atoms with Crippen LogP contribution in [-0.2, 0) is 16.1 Å². The van der Waals surface area contributed by atoms with Gasteiger partial charge >= 0.3 is 0 Å². The van der Waals surface area contributed by atoms with Crippen LogP contribution < -0.4 is 11.1 Å². The van der Waals surface area contributed by atoms with E-state index in [9.17, 15) is 4.79 Å². The van der Waals surface area contributed by atoms with Crippen molar-refractivity contribution in [2.45, 2.75) is 57.2 Å². The fourth-order valence-corrected chi connectivity index (χ4v) is 4.12. The summed E-state index contributed by atoms with van der Waals surface area (Å²) in [6.07, 6.45) is 7.20. The monoisotopic (exact) mass is 395 g/mol. The fraction of sp³-hybridized carbons (Fsp3) is 0.667. The van der Waals surface area contributed by atoms with Gasteiger partial charge < -0.3 is 15.8 Å². The lowest BCUT2D eigenvalue weighted by molar-refractivity contribution is -0.124. The average Bonchev–Trinajstić information content (AvgIpc) is 2.68. The Balaban J connectivity index is 0.00000261. The molecule has 2 atom stereocenters.